The second-order valence-corrected chi connectivity index (χ2v) is 5.54. The maximum Gasteiger partial charge on any atom is 0.264 e. The molecule has 0 saturated carbocycles. The summed E-state index contributed by atoms with van der Waals surface area (Å²) in [5, 5.41) is 6.37. The lowest BCUT2D eigenvalue weighted by Gasteiger charge is -2.07. The summed E-state index contributed by atoms with van der Waals surface area (Å²) in [4.78, 5) is 11.7. The number of hydrogen-bond acceptors (Lipinski definition) is 4. The summed E-state index contributed by atoms with van der Waals surface area (Å²) in [6, 6.07) is 5.62. The number of rotatable bonds is 5. The summed E-state index contributed by atoms with van der Waals surface area (Å²) in [6.07, 6.45) is 0. The number of nitrogens with one attached hydrogen (secondary N) is 1. The van der Waals surface area contributed by atoms with Gasteiger partial charge in [-0.05, 0) is 40.0 Å². The Bertz CT molecular complexity index is 643. The van der Waals surface area contributed by atoms with Crippen LogP contribution in [0.1, 0.15) is 25.5 Å². The number of amides is 1. The van der Waals surface area contributed by atoms with Gasteiger partial charge in [-0.3, -0.25) is 10.1 Å². The van der Waals surface area contributed by atoms with E-state index < -0.39 is 5.91 Å². The van der Waals surface area contributed by atoms with Crippen LogP contribution in [0.3, 0.4) is 0 Å². The van der Waals surface area contributed by atoms with Gasteiger partial charge >= 0.3 is 0 Å². The predicted octanol–water partition coefficient (Wildman–Crippen LogP) is 3.72. The average Bonchev–Trinajstić information content (AvgIpc) is 2.86. The van der Waals surface area contributed by atoms with E-state index in [1.165, 1.54) is 18.2 Å². The molecule has 1 heterocycles. The molecule has 0 radical (unpaired) electrons. The molecule has 0 spiro atoms. The van der Waals surface area contributed by atoms with Crippen molar-refractivity contribution in [1.29, 1.82) is 0 Å². The minimum atomic E-state index is -0.391. The highest BCUT2D eigenvalue weighted by molar-refractivity contribution is 9.10. The first-order valence-electron chi connectivity index (χ1n) is 6.30. The lowest BCUT2D eigenvalue weighted by atomic mass is 10.1. The van der Waals surface area contributed by atoms with E-state index in [1.807, 2.05) is 13.8 Å². The van der Waals surface area contributed by atoms with Gasteiger partial charge in [-0.15, -0.1) is 0 Å². The zero-order valence-corrected chi connectivity index (χ0v) is 13.1. The standard InChI is InChI=1S/C14H14BrFN2O3/c1-8(2)11-6-14(21-18-11)17-13(19)7-20-12-4-3-9(16)5-10(12)15/h3-6,8H,7H2,1-2H3,(H,17,19). The summed E-state index contributed by atoms with van der Waals surface area (Å²) < 4.78 is 23.6. The van der Waals surface area contributed by atoms with E-state index in [0.717, 1.165) is 5.69 Å². The molecule has 0 aliphatic carbocycles. The molecule has 1 N–H and O–H groups in total. The number of carbonyl (C=O) groups is 1. The van der Waals surface area contributed by atoms with Crippen LogP contribution < -0.4 is 10.1 Å². The molecule has 0 saturated heterocycles. The number of nitrogens with zero attached hydrogens (tertiary/aromatic N) is 1. The quantitative estimate of drug-likeness (QED) is 0.886. The molecule has 5 nitrogen and oxygen atoms in total. The molecule has 2 aromatic rings. The van der Waals surface area contributed by atoms with Crippen molar-refractivity contribution in [3.8, 4) is 5.75 Å². The van der Waals surface area contributed by atoms with Crippen molar-refractivity contribution in [2.45, 2.75) is 19.8 Å². The van der Waals surface area contributed by atoms with Crippen LogP contribution in [-0.2, 0) is 4.79 Å². The van der Waals surface area contributed by atoms with Crippen molar-refractivity contribution in [3.05, 3.63) is 40.2 Å². The molecule has 0 bridgehead atoms. The zero-order valence-electron chi connectivity index (χ0n) is 11.5. The fourth-order valence-corrected chi connectivity index (χ4v) is 1.99. The first-order chi connectivity index (χ1) is 9.95. The lowest BCUT2D eigenvalue weighted by molar-refractivity contribution is -0.118. The molecule has 7 heteroatoms. The number of ether oxygens (including phenoxy) is 1. The van der Waals surface area contributed by atoms with Crippen LogP contribution in [0.25, 0.3) is 0 Å². The number of carbonyl (C=O) groups excluding carboxylic acids is 1. The van der Waals surface area contributed by atoms with Crippen LogP contribution in [-0.4, -0.2) is 17.7 Å². The second kappa shape index (κ2) is 6.71. The molecule has 1 aromatic carbocycles. The zero-order chi connectivity index (χ0) is 15.4. The van der Waals surface area contributed by atoms with Gasteiger partial charge in [0.2, 0.25) is 5.88 Å². The van der Waals surface area contributed by atoms with Crippen LogP contribution >= 0.6 is 15.9 Å². The Balaban J connectivity index is 1.89. The number of benzene rings is 1. The van der Waals surface area contributed by atoms with Crippen molar-refractivity contribution < 1.29 is 18.4 Å². The summed E-state index contributed by atoms with van der Waals surface area (Å²) in [7, 11) is 0. The van der Waals surface area contributed by atoms with Crippen LogP contribution in [0.15, 0.2) is 33.3 Å². The van der Waals surface area contributed by atoms with Crippen molar-refractivity contribution in [2.24, 2.45) is 0 Å². The Labute approximate surface area is 129 Å². The Kier molecular flexibility index (Phi) is 4.95. The Morgan fingerprint density at radius 1 is 1.48 bits per heavy atom. The molecule has 0 fully saturated rings. The first kappa shape index (κ1) is 15.5. The number of hydrogen-bond donors (Lipinski definition) is 1. The van der Waals surface area contributed by atoms with E-state index >= 15 is 0 Å². The van der Waals surface area contributed by atoms with Crippen LogP contribution in [0, 0.1) is 5.82 Å². The molecule has 0 aliphatic heterocycles. The SMILES string of the molecule is CC(C)c1cc(NC(=O)COc2ccc(F)cc2Br)on1. The molecule has 1 amide bonds. The topological polar surface area (TPSA) is 64.4 Å². The van der Waals surface area contributed by atoms with Gasteiger partial charge in [0.15, 0.2) is 6.61 Å². The van der Waals surface area contributed by atoms with Gasteiger partial charge in [0.05, 0.1) is 10.2 Å². The number of anilines is 1. The highest BCUT2D eigenvalue weighted by Crippen LogP contribution is 2.25. The summed E-state index contributed by atoms with van der Waals surface area (Å²) >= 11 is 3.16. The molecule has 112 valence electrons. The number of halogens is 2. The van der Waals surface area contributed by atoms with Crippen molar-refractivity contribution >= 4 is 27.7 Å². The van der Waals surface area contributed by atoms with E-state index in [4.69, 9.17) is 9.26 Å². The van der Waals surface area contributed by atoms with Crippen molar-refractivity contribution in [3.63, 3.8) is 0 Å². The summed E-state index contributed by atoms with van der Waals surface area (Å²) in [5.41, 5.74) is 0.757. The Morgan fingerprint density at radius 3 is 2.86 bits per heavy atom. The van der Waals surface area contributed by atoms with E-state index in [1.54, 1.807) is 6.07 Å². The third-order valence-corrected chi connectivity index (χ3v) is 3.25. The molecule has 1 aromatic heterocycles. The molecule has 2 rings (SSSR count). The predicted molar refractivity (Wildman–Crippen MR) is 78.8 cm³/mol. The number of aromatic nitrogens is 1. The third kappa shape index (κ3) is 4.29. The van der Waals surface area contributed by atoms with E-state index in [2.05, 4.69) is 26.4 Å². The van der Waals surface area contributed by atoms with E-state index in [-0.39, 0.29) is 24.2 Å². The average molecular weight is 357 g/mol. The van der Waals surface area contributed by atoms with Crippen molar-refractivity contribution in [2.75, 3.05) is 11.9 Å². The molecule has 0 aliphatic rings. The van der Waals surface area contributed by atoms with Gasteiger partial charge in [-0.2, -0.15) is 0 Å². The Hall–Kier alpha value is -1.89. The van der Waals surface area contributed by atoms with Gasteiger partial charge in [-0.25, -0.2) is 4.39 Å². The van der Waals surface area contributed by atoms with Crippen molar-refractivity contribution in [1.82, 2.24) is 5.16 Å². The maximum absolute atomic E-state index is 12.9. The third-order valence-electron chi connectivity index (χ3n) is 2.64. The van der Waals surface area contributed by atoms with Crippen LogP contribution in [0.4, 0.5) is 10.3 Å². The molecule has 0 atom stereocenters. The first-order valence-corrected chi connectivity index (χ1v) is 7.09. The lowest BCUT2D eigenvalue weighted by Crippen LogP contribution is -2.20. The van der Waals surface area contributed by atoms with Gasteiger partial charge in [0.25, 0.3) is 5.91 Å². The van der Waals surface area contributed by atoms with Gasteiger partial charge in [0.1, 0.15) is 11.6 Å². The molecule has 21 heavy (non-hydrogen) atoms. The Morgan fingerprint density at radius 2 is 2.24 bits per heavy atom. The fraction of sp³-hybridized carbons (Fsp3) is 0.286. The highest BCUT2D eigenvalue weighted by Gasteiger charge is 2.11. The van der Waals surface area contributed by atoms with Crippen LogP contribution in [0.2, 0.25) is 0 Å². The highest BCUT2D eigenvalue weighted by atomic mass is 79.9. The van der Waals surface area contributed by atoms with E-state index in [9.17, 15) is 9.18 Å². The monoisotopic (exact) mass is 356 g/mol. The molecule has 0 unspecified atom stereocenters. The minimum Gasteiger partial charge on any atom is -0.483 e. The smallest absolute Gasteiger partial charge is 0.264 e. The van der Waals surface area contributed by atoms with E-state index in [0.29, 0.717) is 10.2 Å². The normalized spacial score (nSPS) is 10.7. The molecular formula is C14H14BrFN2O3. The largest absolute Gasteiger partial charge is 0.483 e. The van der Waals surface area contributed by atoms with Gasteiger partial charge in [0, 0.05) is 6.07 Å². The van der Waals surface area contributed by atoms with Gasteiger partial charge in [-0.1, -0.05) is 19.0 Å². The maximum atomic E-state index is 12.9. The fourth-order valence-electron chi connectivity index (χ4n) is 1.53. The summed E-state index contributed by atoms with van der Waals surface area (Å²) in [6.45, 7) is 3.72. The van der Waals surface area contributed by atoms with Crippen LogP contribution in [0.5, 0.6) is 5.75 Å². The van der Waals surface area contributed by atoms with Gasteiger partial charge < -0.3 is 9.26 Å². The minimum absolute atomic E-state index is 0.214. The summed E-state index contributed by atoms with van der Waals surface area (Å²) in [5.74, 6) is 0.0857. The molecular weight excluding hydrogens is 343 g/mol. The second-order valence-electron chi connectivity index (χ2n) is 4.68.